The quantitative estimate of drug-likeness (QED) is 0.127. The zero-order valence-electron chi connectivity index (χ0n) is 94.2. The summed E-state index contributed by atoms with van der Waals surface area (Å²) >= 11 is 0. The van der Waals surface area contributed by atoms with E-state index in [2.05, 4.69) is 181 Å². The van der Waals surface area contributed by atoms with Gasteiger partial charge in [-0.05, 0) is 277 Å². The standard InChI is InChI=1S/5C25H22N3.3CH4/c1-17-10-4-6-12-20(17)25-27(3)22-14-8-9-15-23(22)28(25)24-18(2)16-19-11-5-7-13-21(19)26-24;1-17-9-4-5-11-20(17)25-27(3)22-12-6-7-13-23(22)28(25)21-15-14-19-10-8-16-26-24(19)18(21)2;1-17-9-4-5-10-19(17)25-27(3)23-12-6-7-13-24(23)28(25)22-15-14-21-20(18(22)2)11-8-16-26-21;1-17-8-4-5-9-20(17)25-27(3)23-10-6-7-11-24(23)28(25)22-13-12-19-16-26-15-14-21(19)18(22)2;1-17-8-4-5-9-20(17)25-27(3)23-10-6-7-11-24(23)28(25)22-13-12-19-14-15-26-16-21(19)18(22)2;;;/h5*4-16H,1-3H3;3*1H4/q5*+1;;;/i5*2D3;;;. The van der Waals surface area contributed by atoms with Crippen molar-refractivity contribution < 1.29 is 43.4 Å². The number of aryl methyl sites for hydroxylation is 15. The third-order valence-corrected chi connectivity index (χ3v) is 27.0. The molecule has 15 nitrogen and oxygen atoms in total. The molecular formula is C128H122N15+5. The summed E-state index contributed by atoms with van der Waals surface area (Å²) < 4.78 is 146. The molecule has 0 fully saturated rings. The summed E-state index contributed by atoms with van der Waals surface area (Å²) in [7, 11) is 10.1. The molecule has 0 aliphatic rings. The number of benzene rings is 15. The lowest BCUT2D eigenvalue weighted by atomic mass is 10.0. The van der Waals surface area contributed by atoms with Crippen molar-refractivity contribution in [1.29, 1.82) is 0 Å². The third kappa shape index (κ3) is 17.1. The zero-order valence-corrected chi connectivity index (χ0v) is 79.2. The lowest BCUT2D eigenvalue weighted by molar-refractivity contribution is -0.634. The summed E-state index contributed by atoms with van der Waals surface area (Å²) in [6.45, 7) is -1.15. The summed E-state index contributed by atoms with van der Waals surface area (Å²) in [6.07, 6.45) is 10.0. The molecule has 0 atom stereocenters. The molecule has 0 spiro atoms. The van der Waals surface area contributed by atoms with Crippen LogP contribution < -0.4 is 22.8 Å². The SMILES string of the molecule is C.C.C.[2H]C([2H])([2H])c1c(-n2c(-c3ccccc3C)[n+](C)c3ccccc32)ccc2cccnc12.[2H]C([2H])([2H])c1c(-n2c(-c3ccccc3C)[n+](C)c3ccccc32)ccc2ccncc12.[2H]C([2H])([2H])c1c(-n2c(-c3ccccc3C)[n+](C)c3ccccc32)ccc2cnccc12.[2H]C([2H])([2H])c1c(-n2c(-c3ccccc3C)[n+](C)c3ccccc32)ccc2ncccc12.[2H]C([2H])([2H])c1cc2ccccc2nc1-n1c(-c2ccccc2C)[n+](C)c2ccccc21. The van der Waals surface area contributed by atoms with Gasteiger partial charge in [0, 0.05) is 112 Å². The van der Waals surface area contributed by atoms with Crippen molar-refractivity contribution in [2.45, 2.75) is 91.2 Å². The summed E-state index contributed by atoms with van der Waals surface area (Å²) in [6, 6.07) is 117. The number of pyridine rings is 5. The van der Waals surface area contributed by atoms with Crippen molar-refractivity contribution >= 4 is 109 Å². The van der Waals surface area contributed by atoms with Crippen LogP contribution in [-0.2, 0) is 35.2 Å². The van der Waals surface area contributed by atoms with Gasteiger partial charge in [-0.15, -0.1) is 0 Å². The Kier molecular flexibility index (Phi) is 22.1. The van der Waals surface area contributed by atoms with Crippen molar-refractivity contribution in [2.75, 3.05) is 0 Å². The van der Waals surface area contributed by atoms with Crippen LogP contribution in [-0.4, -0.2) is 47.8 Å². The van der Waals surface area contributed by atoms with Crippen molar-refractivity contribution in [1.82, 2.24) is 47.8 Å². The monoisotopic (exact) mass is 1880 g/mol. The van der Waals surface area contributed by atoms with Gasteiger partial charge in [-0.2, -0.15) is 22.8 Å². The molecule has 0 saturated heterocycles. The van der Waals surface area contributed by atoms with E-state index in [1.807, 2.05) is 295 Å². The Bertz CT molecular complexity index is 8700. The van der Waals surface area contributed by atoms with Crippen LogP contribution in [0.4, 0.5) is 0 Å². The second-order valence-electron chi connectivity index (χ2n) is 35.3. The summed E-state index contributed by atoms with van der Waals surface area (Å²) in [5.74, 6) is 5.08. The average Bonchev–Trinajstić information content (AvgIpc) is 1.54. The smallest absolute Gasteiger partial charge is 0.264 e. The molecule has 143 heavy (non-hydrogen) atoms. The molecule has 704 valence electrons. The first kappa shape index (κ1) is 78.6. The molecule has 15 heteroatoms. The number of para-hydroxylation sites is 11. The van der Waals surface area contributed by atoms with Crippen LogP contribution in [0, 0.1) is 68.9 Å². The predicted octanol–water partition coefficient (Wildman–Crippen LogP) is 28.3. The van der Waals surface area contributed by atoms with Gasteiger partial charge in [0.15, 0.2) is 55.2 Å². The Hall–Kier alpha value is -17.3. The number of aromatic nitrogens is 15. The summed E-state index contributed by atoms with van der Waals surface area (Å²) in [5.41, 5.74) is 26.7. The lowest BCUT2D eigenvalue weighted by Gasteiger charge is -2.10. The van der Waals surface area contributed by atoms with E-state index >= 15 is 0 Å². The minimum atomic E-state index is -2.32. The molecule has 0 aliphatic carbocycles. The largest absolute Gasteiger partial charge is 0.296 e. The van der Waals surface area contributed by atoms with E-state index in [-0.39, 0.29) is 33.4 Å². The maximum absolute atomic E-state index is 8.37. The number of imidazole rings is 5. The van der Waals surface area contributed by atoms with Crippen LogP contribution in [0.5, 0.6) is 0 Å². The minimum absolute atomic E-state index is 0. The van der Waals surface area contributed by atoms with Crippen LogP contribution in [0.25, 0.3) is 195 Å². The number of hydrogen-bond donors (Lipinski definition) is 0. The molecule has 0 N–H and O–H groups in total. The first-order chi connectivity index (χ1) is 74.4. The molecule has 0 aliphatic heterocycles. The summed E-state index contributed by atoms with van der Waals surface area (Å²) in [5, 5.41) is 5.31. The Morgan fingerprint density at radius 2 is 0.573 bits per heavy atom. The van der Waals surface area contributed by atoms with Crippen molar-refractivity contribution in [3.8, 4) is 85.5 Å². The van der Waals surface area contributed by atoms with Gasteiger partial charge in [-0.25, -0.2) is 27.8 Å². The summed E-state index contributed by atoms with van der Waals surface area (Å²) in [4.78, 5) is 22.1. The minimum Gasteiger partial charge on any atom is -0.264 e. The Balaban J connectivity index is 0.000000127. The van der Waals surface area contributed by atoms with Crippen molar-refractivity contribution in [2.24, 2.45) is 35.2 Å². The molecular weight excluding hydrogens is 1750 g/mol. The zero-order chi connectivity index (χ0) is 109. The maximum atomic E-state index is 8.37. The molecule has 0 unspecified atom stereocenters. The molecule has 25 rings (SSSR count). The van der Waals surface area contributed by atoms with Gasteiger partial charge >= 0.3 is 0 Å². The number of hydrogen-bond acceptors (Lipinski definition) is 5. The van der Waals surface area contributed by atoms with E-state index in [4.69, 9.17) is 25.5 Å². The van der Waals surface area contributed by atoms with E-state index in [1.54, 1.807) is 55.4 Å². The highest BCUT2D eigenvalue weighted by Crippen LogP contribution is 2.40. The Morgan fingerprint density at radius 1 is 0.238 bits per heavy atom. The molecule has 0 radical (unpaired) electrons. The van der Waals surface area contributed by atoms with E-state index < -0.39 is 34.3 Å². The fraction of sp³-hybridized carbons (Fsp3) is 0.141. The van der Waals surface area contributed by atoms with E-state index in [9.17, 15) is 0 Å². The predicted molar refractivity (Wildman–Crippen MR) is 594 cm³/mol. The first-order valence-electron chi connectivity index (χ1n) is 54.1. The van der Waals surface area contributed by atoms with Crippen LogP contribution in [0.1, 0.15) is 98.5 Å². The molecule has 0 saturated carbocycles. The topological polar surface area (TPSA) is 108 Å². The molecule has 0 bridgehead atoms. The lowest BCUT2D eigenvalue weighted by Crippen LogP contribution is -2.30. The van der Waals surface area contributed by atoms with E-state index in [0.29, 0.717) is 72.4 Å². The van der Waals surface area contributed by atoms with Gasteiger partial charge in [-0.3, -0.25) is 19.9 Å². The Labute approximate surface area is 858 Å². The number of fused-ring (bicyclic) bond motifs is 10. The second kappa shape index (κ2) is 40.3. The normalized spacial score (nSPS) is 13.1. The average molecular weight is 1890 g/mol. The molecule has 15 aromatic carbocycles. The highest BCUT2D eigenvalue weighted by atomic mass is 15.2. The van der Waals surface area contributed by atoms with Gasteiger partial charge in [0.05, 0.1) is 79.6 Å². The first-order valence-corrected chi connectivity index (χ1v) is 46.6. The van der Waals surface area contributed by atoms with Crippen LogP contribution >= 0.6 is 0 Å². The van der Waals surface area contributed by atoms with Crippen molar-refractivity contribution in [3.63, 3.8) is 0 Å². The van der Waals surface area contributed by atoms with Gasteiger partial charge in [0.2, 0.25) is 5.82 Å². The van der Waals surface area contributed by atoms with Gasteiger partial charge in [0.1, 0.15) is 22.7 Å². The van der Waals surface area contributed by atoms with Crippen molar-refractivity contribution in [3.05, 3.63) is 451 Å². The fourth-order valence-electron chi connectivity index (χ4n) is 20.0. The highest BCUT2D eigenvalue weighted by Gasteiger charge is 2.35. The highest BCUT2D eigenvalue weighted by molar-refractivity contribution is 5.95. The van der Waals surface area contributed by atoms with Gasteiger partial charge in [0.25, 0.3) is 29.1 Å². The Morgan fingerprint density at radius 3 is 1.01 bits per heavy atom. The fourth-order valence-corrected chi connectivity index (χ4v) is 20.0. The van der Waals surface area contributed by atoms with Gasteiger partial charge in [-0.1, -0.05) is 210 Å². The number of rotatable bonds is 10. The van der Waals surface area contributed by atoms with Crippen LogP contribution in [0.3, 0.4) is 0 Å². The van der Waals surface area contributed by atoms with E-state index in [0.717, 1.165) is 167 Å². The van der Waals surface area contributed by atoms with Crippen LogP contribution in [0.2, 0.25) is 0 Å². The maximum Gasteiger partial charge on any atom is 0.296 e. The molecule has 10 aromatic heterocycles. The van der Waals surface area contributed by atoms with Crippen LogP contribution in [0.15, 0.2) is 395 Å². The van der Waals surface area contributed by atoms with Gasteiger partial charge < -0.3 is 0 Å². The molecule has 10 heterocycles. The number of nitrogens with zero attached hydrogens (tertiary/aromatic N) is 15. The second-order valence-corrected chi connectivity index (χ2v) is 35.3. The third-order valence-electron chi connectivity index (χ3n) is 27.0. The van der Waals surface area contributed by atoms with E-state index in [1.165, 1.54) is 0 Å². The molecule has 25 aromatic rings. The molecule has 0 amide bonds.